The number of hydrogen-bond acceptors (Lipinski definition) is 4. The molecule has 2 aliphatic heterocycles. The van der Waals surface area contributed by atoms with Gasteiger partial charge in [0.05, 0.1) is 5.41 Å². The van der Waals surface area contributed by atoms with Gasteiger partial charge in [-0.05, 0) is 30.7 Å². The summed E-state index contributed by atoms with van der Waals surface area (Å²) >= 11 is 0. The number of benzene rings is 1. The molecular formula is C17H19NO3. The molecule has 0 spiro atoms. The summed E-state index contributed by atoms with van der Waals surface area (Å²) in [4.78, 5) is 24.1. The molecule has 0 amide bonds. The number of nitrogens with one attached hydrogen (secondary N) is 1. The van der Waals surface area contributed by atoms with Gasteiger partial charge in [0.25, 0.3) is 0 Å². The number of allylic oxidation sites excluding steroid dienone is 1. The van der Waals surface area contributed by atoms with Crippen LogP contribution < -0.4 is 5.32 Å². The monoisotopic (exact) mass is 285 g/mol. The van der Waals surface area contributed by atoms with Crippen molar-refractivity contribution in [1.29, 1.82) is 0 Å². The minimum atomic E-state index is -0.608. The summed E-state index contributed by atoms with van der Waals surface area (Å²) in [6.45, 7) is 1.99. The minimum absolute atomic E-state index is 0.0941. The lowest BCUT2D eigenvalue weighted by Gasteiger charge is -2.44. The van der Waals surface area contributed by atoms with Gasteiger partial charge in [-0.25, -0.2) is 4.79 Å². The van der Waals surface area contributed by atoms with Crippen molar-refractivity contribution in [2.45, 2.75) is 24.7 Å². The van der Waals surface area contributed by atoms with Crippen LogP contribution in [0.25, 0.3) is 0 Å². The van der Waals surface area contributed by atoms with Crippen LogP contribution in [-0.2, 0) is 19.7 Å². The molecule has 1 N–H and O–H groups in total. The molecule has 0 aliphatic carbocycles. The number of rotatable bonds is 2. The van der Waals surface area contributed by atoms with Gasteiger partial charge in [0.15, 0.2) is 11.6 Å². The number of piperidine rings is 1. The Bertz CT molecular complexity index is 571. The fourth-order valence-corrected chi connectivity index (χ4v) is 3.71. The number of ketones is 1. The van der Waals surface area contributed by atoms with E-state index in [-0.39, 0.29) is 17.4 Å². The van der Waals surface area contributed by atoms with Crippen molar-refractivity contribution in [3.63, 3.8) is 0 Å². The Balaban J connectivity index is 2.10. The number of hydrogen-bond donors (Lipinski definition) is 1. The summed E-state index contributed by atoms with van der Waals surface area (Å²) in [5.41, 5.74) is 0.496. The van der Waals surface area contributed by atoms with Crippen LogP contribution in [0, 0.1) is 5.92 Å². The van der Waals surface area contributed by atoms with Gasteiger partial charge in [-0.15, -0.1) is 0 Å². The molecule has 0 saturated carbocycles. The van der Waals surface area contributed by atoms with Gasteiger partial charge in [0, 0.05) is 19.8 Å². The highest BCUT2D eigenvalue weighted by atomic mass is 16.5. The number of carbonyl (C=O) groups is 1. The largest absolute Gasteiger partial charge is 0.381 e. The maximum Gasteiger partial charge on any atom is 0.200 e. The fraction of sp³-hybridized carbons (Fsp3) is 0.471. The van der Waals surface area contributed by atoms with E-state index in [0.717, 1.165) is 18.4 Å². The van der Waals surface area contributed by atoms with E-state index in [4.69, 9.17) is 4.74 Å². The van der Waals surface area contributed by atoms with E-state index in [2.05, 4.69) is 5.32 Å². The second-order valence-electron chi connectivity index (χ2n) is 5.71. The molecular weight excluding hydrogens is 266 g/mol. The zero-order chi connectivity index (χ0) is 14.7. The molecule has 0 bridgehead atoms. The minimum Gasteiger partial charge on any atom is -0.381 e. The molecule has 0 aromatic heterocycles. The molecule has 4 heteroatoms. The van der Waals surface area contributed by atoms with Gasteiger partial charge in [-0.1, -0.05) is 30.3 Å². The first-order valence-corrected chi connectivity index (χ1v) is 7.46. The smallest absolute Gasteiger partial charge is 0.200 e. The number of carbonyl (C=O) groups excluding carboxylic acids is 2. The van der Waals surface area contributed by atoms with E-state index in [1.165, 1.54) is 0 Å². The lowest BCUT2D eigenvalue weighted by atomic mass is 9.61. The standard InChI is InChI=1S/C17H19NO3/c19-12-15-16(20)17(8-9-18-15,13-4-2-1-3-5-13)14-6-10-21-11-7-14/h1-5,14,18H,6-11H2. The van der Waals surface area contributed by atoms with E-state index in [1.807, 2.05) is 30.3 Å². The second-order valence-corrected chi connectivity index (χ2v) is 5.71. The summed E-state index contributed by atoms with van der Waals surface area (Å²) < 4.78 is 5.45. The molecule has 4 nitrogen and oxygen atoms in total. The van der Waals surface area contributed by atoms with Crippen molar-refractivity contribution in [2.75, 3.05) is 19.8 Å². The molecule has 2 aliphatic rings. The van der Waals surface area contributed by atoms with Gasteiger partial charge in [0.2, 0.25) is 5.78 Å². The van der Waals surface area contributed by atoms with Crippen LogP contribution in [0.4, 0.5) is 0 Å². The number of ether oxygens (including phenoxy) is 1. The van der Waals surface area contributed by atoms with Gasteiger partial charge in [-0.3, -0.25) is 4.79 Å². The zero-order valence-electron chi connectivity index (χ0n) is 11.9. The van der Waals surface area contributed by atoms with Gasteiger partial charge < -0.3 is 10.1 Å². The Kier molecular flexibility index (Phi) is 3.91. The summed E-state index contributed by atoms with van der Waals surface area (Å²) in [7, 11) is 0. The van der Waals surface area contributed by atoms with Crippen molar-refractivity contribution < 1.29 is 14.3 Å². The Morgan fingerprint density at radius 1 is 1.19 bits per heavy atom. The van der Waals surface area contributed by atoms with Gasteiger partial charge >= 0.3 is 0 Å². The van der Waals surface area contributed by atoms with Crippen LogP contribution in [0.15, 0.2) is 36.0 Å². The first-order chi connectivity index (χ1) is 10.3. The van der Waals surface area contributed by atoms with Crippen LogP contribution in [0.5, 0.6) is 0 Å². The third-order valence-electron chi connectivity index (χ3n) is 4.76. The Morgan fingerprint density at radius 2 is 1.90 bits per heavy atom. The summed E-state index contributed by atoms with van der Waals surface area (Å²) in [6.07, 6.45) is 2.42. The predicted molar refractivity (Wildman–Crippen MR) is 78.5 cm³/mol. The molecule has 0 radical (unpaired) electrons. The zero-order valence-corrected chi connectivity index (χ0v) is 11.9. The molecule has 3 rings (SSSR count). The Hall–Kier alpha value is -1.90. The lowest BCUT2D eigenvalue weighted by Crippen LogP contribution is -2.53. The van der Waals surface area contributed by atoms with Gasteiger partial charge in [-0.2, -0.15) is 0 Å². The Labute approximate surface area is 124 Å². The molecule has 2 saturated heterocycles. The summed E-state index contributed by atoms with van der Waals surface area (Å²) in [6, 6.07) is 9.86. The molecule has 110 valence electrons. The van der Waals surface area contributed by atoms with Crippen molar-refractivity contribution in [1.82, 2.24) is 5.32 Å². The highest BCUT2D eigenvalue weighted by Crippen LogP contribution is 2.44. The average molecular weight is 285 g/mol. The SMILES string of the molecule is O=C=C1NCCC(c2ccccc2)(C2CCOCC2)C1=O. The highest BCUT2D eigenvalue weighted by molar-refractivity contribution is 6.09. The van der Waals surface area contributed by atoms with Crippen molar-refractivity contribution in [3.8, 4) is 0 Å². The van der Waals surface area contributed by atoms with E-state index >= 15 is 0 Å². The van der Waals surface area contributed by atoms with E-state index in [9.17, 15) is 9.59 Å². The topological polar surface area (TPSA) is 55.4 Å². The van der Waals surface area contributed by atoms with Crippen molar-refractivity contribution >= 4 is 11.7 Å². The molecule has 1 aromatic rings. The third kappa shape index (κ3) is 2.31. The van der Waals surface area contributed by atoms with E-state index in [0.29, 0.717) is 26.2 Å². The predicted octanol–water partition coefficient (Wildman–Crippen LogP) is 1.63. The second kappa shape index (κ2) is 5.84. The molecule has 1 aromatic carbocycles. The van der Waals surface area contributed by atoms with E-state index in [1.54, 1.807) is 5.94 Å². The van der Waals surface area contributed by atoms with Crippen LogP contribution in [0.3, 0.4) is 0 Å². The maximum absolute atomic E-state index is 13.0. The molecule has 1 unspecified atom stereocenters. The quantitative estimate of drug-likeness (QED) is 0.663. The van der Waals surface area contributed by atoms with Crippen LogP contribution in [0.1, 0.15) is 24.8 Å². The lowest BCUT2D eigenvalue weighted by molar-refractivity contribution is -0.126. The number of Topliss-reactive ketones (excluding diaryl/α,β-unsaturated/α-hetero) is 1. The van der Waals surface area contributed by atoms with Crippen LogP contribution in [-0.4, -0.2) is 31.5 Å². The summed E-state index contributed by atoms with van der Waals surface area (Å²) in [5.74, 6) is 1.90. The van der Waals surface area contributed by atoms with Gasteiger partial charge in [0.1, 0.15) is 0 Å². The first kappa shape index (κ1) is 14.1. The van der Waals surface area contributed by atoms with Crippen LogP contribution >= 0.6 is 0 Å². The molecule has 2 heterocycles. The first-order valence-electron chi connectivity index (χ1n) is 7.46. The fourth-order valence-electron chi connectivity index (χ4n) is 3.71. The Morgan fingerprint density at radius 3 is 2.57 bits per heavy atom. The molecule has 1 atom stereocenters. The molecule has 2 fully saturated rings. The van der Waals surface area contributed by atoms with Crippen molar-refractivity contribution in [2.24, 2.45) is 5.92 Å². The third-order valence-corrected chi connectivity index (χ3v) is 4.76. The molecule has 21 heavy (non-hydrogen) atoms. The van der Waals surface area contributed by atoms with Crippen molar-refractivity contribution in [3.05, 3.63) is 41.6 Å². The van der Waals surface area contributed by atoms with Crippen LogP contribution in [0.2, 0.25) is 0 Å². The maximum atomic E-state index is 13.0. The normalized spacial score (nSPS) is 27.0. The highest BCUT2D eigenvalue weighted by Gasteiger charge is 2.50. The average Bonchev–Trinajstić information content (AvgIpc) is 2.57. The van der Waals surface area contributed by atoms with E-state index < -0.39 is 5.41 Å². The summed E-state index contributed by atoms with van der Waals surface area (Å²) in [5, 5.41) is 2.89.